The first-order chi connectivity index (χ1) is 12.4. The van der Waals surface area contributed by atoms with Crippen molar-refractivity contribution < 1.29 is 9.72 Å². The predicted octanol–water partition coefficient (Wildman–Crippen LogP) is 4.90. The molecule has 0 aliphatic heterocycles. The molecule has 0 radical (unpaired) electrons. The van der Waals surface area contributed by atoms with E-state index in [0.717, 1.165) is 9.79 Å². The third-order valence-electron chi connectivity index (χ3n) is 3.78. The van der Waals surface area contributed by atoms with Gasteiger partial charge < -0.3 is 0 Å². The molecule has 132 valence electrons. The summed E-state index contributed by atoms with van der Waals surface area (Å²) < 4.78 is 1.37. The van der Waals surface area contributed by atoms with Crippen LogP contribution in [0.1, 0.15) is 21.7 Å². The Morgan fingerprint density at radius 1 is 1.12 bits per heavy atom. The monoisotopic (exact) mass is 387 g/mol. The second-order valence-corrected chi connectivity index (χ2v) is 7.10. The number of aryl methyl sites for hydroxylation is 1. The summed E-state index contributed by atoms with van der Waals surface area (Å²) in [5, 5.41) is 15.7. The Bertz CT molecular complexity index is 982. The Morgan fingerprint density at radius 3 is 2.31 bits per heavy atom. The zero-order valence-electron chi connectivity index (χ0n) is 14.0. The van der Waals surface area contributed by atoms with Crippen LogP contribution in [0.4, 0.5) is 5.69 Å². The van der Waals surface area contributed by atoms with E-state index >= 15 is 0 Å². The Balaban J connectivity index is 1.89. The van der Waals surface area contributed by atoms with Gasteiger partial charge in [0.25, 0.3) is 11.6 Å². The van der Waals surface area contributed by atoms with Gasteiger partial charge in [-0.15, -0.1) is 0 Å². The van der Waals surface area contributed by atoms with Crippen molar-refractivity contribution in [2.45, 2.75) is 23.6 Å². The smallest absolute Gasteiger partial charge is 0.267 e. The summed E-state index contributed by atoms with van der Waals surface area (Å²) in [6.45, 7) is 3.65. The number of hydrogen-bond donors (Lipinski definition) is 0. The first kappa shape index (κ1) is 18.2. The van der Waals surface area contributed by atoms with Gasteiger partial charge in [-0.3, -0.25) is 14.9 Å². The van der Waals surface area contributed by atoms with Crippen molar-refractivity contribution in [3.05, 3.63) is 80.6 Å². The highest BCUT2D eigenvalue weighted by molar-refractivity contribution is 7.99. The maximum atomic E-state index is 12.7. The third-order valence-corrected chi connectivity index (χ3v) is 5.33. The molecule has 0 unspecified atom stereocenters. The summed E-state index contributed by atoms with van der Waals surface area (Å²) in [6, 6.07) is 12.9. The van der Waals surface area contributed by atoms with Crippen molar-refractivity contribution in [1.29, 1.82) is 0 Å². The minimum Gasteiger partial charge on any atom is -0.267 e. The van der Waals surface area contributed by atoms with Gasteiger partial charge in [-0.2, -0.15) is 9.78 Å². The van der Waals surface area contributed by atoms with Gasteiger partial charge in [0, 0.05) is 27.6 Å². The highest BCUT2D eigenvalue weighted by Crippen LogP contribution is 2.33. The molecule has 0 saturated carbocycles. The zero-order valence-corrected chi connectivity index (χ0v) is 15.5. The number of hydrogen-bond acceptors (Lipinski definition) is 5. The van der Waals surface area contributed by atoms with E-state index in [1.807, 2.05) is 13.8 Å². The number of carbonyl (C=O) groups is 1. The summed E-state index contributed by atoms with van der Waals surface area (Å²) in [4.78, 5) is 24.7. The van der Waals surface area contributed by atoms with E-state index in [4.69, 9.17) is 11.6 Å². The lowest BCUT2D eigenvalue weighted by Gasteiger charge is -2.05. The minimum atomic E-state index is -0.437. The fraction of sp³-hybridized carbons (Fsp3) is 0.111. The molecule has 3 aromatic rings. The fourth-order valence-corrected chi connectivity index (χ4v) is 3.50. The van der Waals surface area contributed by atoms with Crippen LogP contribution < -0.4 is 0 Å². The molecule has 0 saturated heterocycles. The Kier molecular flexibility index (Phi) is 5.11. The standard InChI is InChI=1S/C18H14ClN3O3S/c1-11-17(26-16-9-7-15(8-10-16)22(24)25)12(2)21(20-11)18(23)13-3-5-14(19)6-4-13/h3-10H,1-2H3. The second-order valence-electron chi connectivity index (χ2n) is 5.58. The summed E-state index contributed by atoms with van der Waals surface area (Å²) in [5.74, 6) is -0.238. The number of nitro groups is 1. The Labute approximate surface area is 158 Å². The summed E-state index contributed by atoms with van der Waals surface area (Å²) >= 11 is 7.28. The molecule has 1 heterocycles. The van der Waals surface area contributed by atoms with Gasteiger partial charge in [-0.05, 0) is 50.2 Å². The molecule has 0 amide bonds. The van der Waals surface area contributed by atoms with Crippen molar-refractivity contribution in [3.8, 4) is 0 Å². The number of benzene rings is 2. The van der Waals surface area contributed by atoms with Crippen LogP contribution in [0.25, 0.3) is 0 Å². The van der Waals surface area contributed by atoms with Crippen LogP contribution in [0.5, 0.6) is 0 Å². The van der Waals surface area contributed by atoms with Crippen molar-refractivity contribution in [3.63, 3.8) is 0 Å². The molecular weight excluding hydrogens is 374 g/mol. The van der Waals surface area contributed by atoms with E-state index in [1.165, 1.54) is 28.6 Å². The van der Waals surface area contributed by atoms with Gasteiger partial charge in [0.1, 0.15) is 0 Å². The molecular formula is C18H14ClN3O3S. The van der Waals surface area contributed by atoms with E-state index in [9.17, 15) is 14.9 Å². The van der Waals surface area contributed by atoms with Crippen molar-refractivity contribution in [2.24, 2.45) is 0 Å². The summed E-state index contributed by atoms with van der Waals surface area (Å²) in [5.41, 5.74) is 1.96. The number of halogens is 1. The Hall–Kier alpha value is -2.64. The van der Waals surface area contributed by atoms with Crippen LogP contribution in [0.15, 0.2) is 58.3 Å². The van der Waals surface area contributed by atoms with Crippen LogP contribution in [-0.2, 0) is 0 Å². The van der Waals surface area contributed by atoms with Gasteiger partial charge in [-0.1, -0.05) is 23.4 Å². The lowest BCUT2D eigenvalue weighted by Crippen LogP contribution is -2.15. The quantitative estimate of drug-likeness (QED) is 0.470. The SMILES string of the molecule is Cc1nn(C(=O)c2ccc(Cl)cc2)c(C)c1Sc1ccc([N+](=O)[O-])cc1. The molecule has 1 aromatic heterocycles. The van der Waals surface area contributed by atoms with Crippen LogP contribution >= 0.6 is 23.4 Å². The molecule has 2 aromatic carbocycles. The molecule has 3 rings (SSSR count). The average Bonchev–Trinajstić information content (AvgIpc) is 2.90. The van der Waals surface area contributed by atoms with E-state index in [1.54, 1.807) is 36.4 Å². The van der Waals surface area contributed by atoms with Crippen molar-refractivity contribution in [2.75, 3.05) is 0 Å². The second kappa shape index (κ2) is 7.31. The first-order valence-corrected chi connectivity index (χ1v) is 8.85. The van der Waals surface area contributed by atoms with Crippen LogP contribution in [0.3, 0.4) is 0 Å². The number of nitrogens with zero attached hydrogens (tertiary/aromatic N) is 3. The highest BCUT2D eigenvalue weighted by Gasteiger charge is 2.19. The molecule has 0 fully saturated rings. The molecule has 0 N–H and O–H groups in total. The maximum Gasteiger partial charge on any atom is 0.278 e. The van der Waals surface area contributed by atoms with Gasteiger partial charge >= 0.3 is 0 Å². The molecule has 8 heteroatoms. The van der Waals surface area contributed by atoms with Gasteiger partial charge in [-0.25, -0.2) is 0 Å². The first-order valence-electron chi connectivity index (χ1n) is 7.65. The molecule has 0 bridgehead atoms. The minimum absolute atomic E-state index is 0.0383. The van der Waals surface area contributed by atoms with Crippen LogP contribution in [0, 0.1) is 24.0 Å². The van der Waals surface area contributed by atoms with Crippen molar-refractivity contribution in [1.82, 2.24) is 9.78 Å². The van der Waals surface area contributed by atoms with Crippen LogP contribution in [-0.4, -0.2) is 20.6 Å². The largest absolute Gasteiger partial charge is 0.278 e. The molecule has 0 aliphatic carbocycles. The fourth-order valence-electron chi connectivity index (χ4n) is 2.44. The molecule has 0 atom stereocenters. The number of non-ortho nitro benzene ring substituents is 1. The molecule has 0 spiro atoms. The maximum absolute atomic E-state index is 12.7. The van der Waals surface area contributed by atoms with Gasteiger partial charge in [0.15, 0.2) is 0 Å². The normalized spacial score (nSPS) is 10.7. The molecule has 26 heavy (non-hydrogen) atoms. The summed E-state index contributed by atoms with van der Waals surface area (Å²) in [6.07, 6.45) is 0. The van der Waals surface area contributed by atoms with E-state index in [0.29, 0.717) is 22.0 Å². The third kappa shape index (κ3) is 3.63. The average molecular weight is 388 g/mol. The lowest BCUT2D eigenvalue weighted by molar-refractivity contribution is -0.384. The van der Waals surface area contributed by atoms with E-state index in [2.05, 4.69) is 5.10 Å². The van der Waals surface area contributed by atoms with Gasteiger partial charge in [0.05, 0.1) is 21.2 Å². The zero-order chi connectivity index (χ0) is 18.8. The van der Waals surface area contributed by atoms with E-state index < -0.39 is 4.92 Å². The molecule has 6 nitrogen and oxygen atoms in total. The van der Waals surface area contributed by atoms with Crippen molar-refractivity contribution >= 4 is 35.0 Å². The number of carbonyl (C=O) groups excluding carboxylic acids is 1. The van der Waals surface area contributed by atoms with E-state index in [-0.39, 0.29) is 11.6 Å². The lowest BCUT2D eigenvalue weighted by atomic mass is 10.2. The summed E-state index contributed by atoms with van der Waals surface area (Å²) in [7, 11) is 0. The van der Waals surface area contributed by atoms with Crippen LogP contribution in [0.2, 0.25) is 5.02 Å². The number of nitro benzene ring substituents is 1. The van der Waals surface area contributed by atoms with Gasteiger partial charge in [0.2, 0.25) is 0 Å². The predicted molar refractivity (Wildman–Crippen MR) is 100 cm³/mol. The number of aromatic nitrogens is 2. The molecule has 0 aliphatic rings. The Morgan fingerprint density at radius 2 is 1.73 bits per heavy atom. The highest BCUT2D eigenvalue weighted by atomic mass is 35.5. The topological polar surface area (TPSA) is 78.0 Å². The number of rotatable bonds is 4.